The average molecular weight is 261 g/mol. The van der Waals surface area contributed by atoms with E-state index < -0.39 is 11.6 Å². The fourth-order valence-corrected chi connectivity index (χ4v) is 1.71. The minimum Gasteiger partial charge on any atom is -0.395 e. The number of hydrogen-bond donors (Lipinski definition) is 2. The Morgan fingerprint density at radius 3 is 2.53 bits per heavy atom. The van der Waals surface area contributed by atoms with Gasteiger partial charge in [0.2, 0.25) is 5.91 Å². The van der Waals surface area contributed by atoms with Crippen LogP contribution >= 0.6 is 11.8 Å². The van der Waals surface area contributed by atoms with Crippen LogP contribution in [-0.2, 0) is 4.79 Å². The molecule has 0 aliphatic rings. The van der Waals surface area contributed by atoms with Crippen LogP contribution in [0.3, 0.4) is 0 Å². The molecule has 0 aliphatic heterocycles. The Morgan fingerprint density at radius 1 is 1.41 bits per heavy atom. The van der Waals surface area contributed by atoms with E-state index in [0.29, 0.717) is 0 Å². The van der Waals surface area contributed by atoms with Crippen molar-refractivity contribution in [3.8, 4) is 0 Å². The highest BCUT2D eigenvalue weighted by atomic mass is 32.2. The topological polar surface area (TPSA) is 49.3 Å². The first-order valence-corrected chi connectivity index (χ1v) is 6.04. The van der Waals surface area contributed by atoms with Crippen LogP contribution < -0.4 is 5.32 Å². The number of amides is 1. The minimum atomic E-state index is -0.739. The third kappa shape index (κ3) is 5.14. The Morgan fingerprint density at radius 2 is 2.00 bits per heavy atom. The number of hydrogen-bond acceptors (Lipinski definition) is 3. The molecular formula is C11H13F2NO2S. The molecule has 1 aromatic carbocycles. The molecule has 17 heavy (non-hydrogen) atoms. The van der Waals surface area contributed by atoms with Crippen molar-refractivity contribution in [2.24, 2.45) is 0 Å². The van der Waals surface area contributed by atoms with E-state index in [2.05, 4.69) is 5.32 Å². The Bertz CT molecular complexity index is 381. The summed E-state index contributed by atoms with van der Waals surface area (Å²) >= 11 is 1.26. The van der Waals surface area contributed by atoms with Gasteiger partial charge in [-0.15, -0.1) is 11.8 Å². The second-order valence-electron chi connectivity index (χ2n) is 3.51. The lowest BCUT2D eigenvalue weighted by molar-refractivity contribution is -0.113. The van der Waals surface area contributed by atoms with E-state index in [-0.39, 0.29) is 29.2 Å². The van der Waals surface area contributed by atoms with Gasteiger partial charge in [-0.05, 0) is 12.1 Å². The molecule has 0 radical (unpaired) electrons. The molecule has 2 N–H and O–H groups in total. The summed E-state index contributed by atoms with van der Waals surface area (Å²) in [7, 11) is 0. The zero-order valence-corrected chi connectivity index (χ0v) is 10.1. The fourth-order valence-electron chi connectivity index (χ4n) is 1.09. The molecule has 0 spiro atoms. The molecule has 1 rings (SSSR count). The predicted molar refractivity (Wildman–Crippen MR) is 64.0 cm³/mol. The number of aliphatic hydroxyl groups is 1. The summed E-state index contributed by atoms with van der Waals surface area (Å²) in [6.07, 6.45) is 0. The van der Waals surface area contributed by atoms with E-state index in [9.17, 15) is 13.6 Å². The molecule has 0 saturated carbocycles. The van der Waals surface area contributed by atoms with Gasteiger partial charge in [-0.1, -0.05) is 6.92 Å². The number of nitrogens with one attached hydrogen (secondary N) is 1. The van der Waals surface area contributed by atoms with E-state index in [4.69, 9.17) is 5.11 Å². The van der Waals surface area contributed by atoms with Gasteiger partial charge in [0, 0.05) is 17.0 Å². The molecule has 0 bridgehead atoms. The van der Waals surface area contributed by atoms with Gasteiger partial charge in [-0.25, -0.2) is 8.78 Å². The van der Waals surface area contributed by atoms with E-state index in [1.54, 1.807) is 6.92 Å². The molecule has 3 nitrogen and oxygen atoms in total. The number of benzene rings is 1. The Hall–Kier alpha value is -1.14. The number of halogens is 2. The zero-order chi connectivity index (χ0) is 12.8. The van der Waals surface area contributed by atoms with Gasteiger partial charge < -0.3 is 10.4 Å². The number of carbonyl (C=O) groups is 1. The van der Waals surface area contributed by atoms with E-state index in [0.717, 1.165) is 18.2 Å². The minimum absolute atomic E-state index is 0.0213. The number of carbonyl (C=O) groups excluding carboxylic acids is 1. The van der Waals surface area contributed by atoms with Crippen molar-refractivity contribution >= 4 is 23.4 Å². The van der Waals surface area contributed by atoms with Crippen LogP contribution in [0.5, 0.6) is 0 Å². The summed E-state index contributed by atoms with van der Waals surface area (Å²) in [5, 5.41) is 11.1. The summed E-state index contributed by atoms with van der Waals surface area (Å²) in [6, 6.07) is 2.82. The van der Waals surface area contributed by atoms with E-state index in [1.165, 1.54) is 11.8 Å². The first-order valence-electron chi connectivity index (χ1n) is 4.99. The third-order valence-electron chi connectivity index (χ3n) is 1.90. The van der Waals surface area contributed by atoms with Gasteiger partial charge in [-0.2, -0.15) is 0 Å². The van der Waals surface area contributed by atoms with E-state index >= 15 is 0 Å². The standard InChI is InChI=1S/C11H13F2NO2S/c1-7(5-15)17-6-11(16)14-10-3-8(12)2-9(13)4-10/h2-4,7,15H,5-6H2,1H3,(H,14,16). The maximum absolute atomic E-state index is 12.8. The van der Waals surface area contributed by atoms with Crippen molar-refractivity contribution in [2.75, 3.05) is 17.7 Å². The normalized spacial score (nSPS) is 12.2. The van der Waals surface area contributed by atoms with Gasteiger partial charge in [-0.3, -0.25) is 4.79 Å². The van der Waals surface area contributed by atoms with Crippen LogP contribution in [0.4, 0.5) is 14.5 Å². The van der Waals surface area contributed by atoms with Crippen molar-refractivity contribution in [1.29, 1.82) is 0 Å². The second-order valence-corrected chi connectivity index (χ2v) is 4.94. The van der Waals surface area contributed by atoms with Crippen LogP contribution in [0.1, 0.15) is 6.92 Å². The largest absolute Gasteiger partial charge is 0.395 e. The van der Waals surface area contributed by atoms with Crippen LogP contribution in [0.15, 0.2) is 18.2 Å². The zero-order valence-electron chi connectivity index (χ0n) is 9.24. The number of thioether (sulfide) groups is 1. The molecule has 0 aliphatic carbocycles. The van der Waals surface area contributed by atoms with Gasteiger partial charge in [0.15, 0.2) is 0 Å². The highest BCUT2D eigenvalue weighted by molar-refractivity contribution is 8.00. The predicted octanol–water partition coefficient (Wildman–Crippen LogP) is 2.02. The highest BCUT2D eigenvalue weighted by Crippen LogP contribution is 2.14. The fraction of sp³-hybridized carbons (Fsp3) is 0.364. The lowest BCUT2D eigenvalue weighted by atomic mass is 10.3. The molecule has 94 valence electrons. The third-order valence-corrected chi connectivity index (χ3v) is 3.05. The monoisotopic (exact) mass is 261 g/mol. The Labute approximate surface area is 102 Å². The molecule has 1 unspecified atom stereocenters. The smallest absolute Gasteiger partial charge is 0.234 e. The van der Waals surface area contributed by atoms with Crippen LogP contribution in [0.25, 0.3) is 0 Å². The van der Waals surface area contributed by atoms with Gasteiger partial charge in [0.05, 0.1) is 12.4 Å². The van der Waals surface area contributed by atoms with Crippen molar-refractivity contribution in [3.05, 3.63) is 29.8 Å². The van der Waals surface area contributed by atoms with Crippen molar-refractivity contribution < 1.29 is 18.7 Å². The number of rotatable bonds is 5. The lowest BCUT2D eigenvalue weighted by Gasteiger charge is -2.08. The molecule has 0 saturated heterocycles. The summed E-state index contributed by atoms with van der Waals surface area (Å²) in [4.78, 5) is 11.4. The van der Waals surface area contributed by atoms with Gasteiger partial charge in [0.25, 0.3) is 0 Å². The summed E-state index contributed by atoms with van der Waals surface area (Å²) < 4.78 is 25.6. The summed E-state index contributed by atoms with van der Waals surface area (Å²) in [5.41, 5.74) is 0.0877. The Kier molecular flexibility index (Phi) is 5.37. The second kappa shape index (κ2) is 6.56. The summed E-state index contributed by atoms with van der Waals surface area (Å²) in [6.45, 7) is 1.76. The maximum atomic E-state index is 12.8. The van der Waals surface area contributed by atoms with Crippen LogP contribution in [-0.4, -0.2) is 28.6 Å². The first-order chi connectivity index (χ1) is 8.01. The molecular weight excluding hydrogens is 248 g/mol. The van der Waals surface area contributed by atoms with Crippen molar-refractivity contribution in [1.82, 2.24) is 0 Å². The molecule has 6 heteroatoms. The Balaban J connectivity index is 2.50. The van der Waals surface area contributed by atoms with Crippen LogP contribution in [0.2, 0.25) is 0 Å². The quantitative estimate of drug-likeness (QED) is 0.852. The van der Waals surface area contributed by atoms with E-state index in [1.807, 2.05) is 0 Å². The number of anilines is 1. The number of aliphatic hydroxyl groups excluding tert-OH is 1. The SMILES string of the molecule is CC(CO)SCC(=O)Nc1cc(F)cc(F)c1. The molecule has 0 aromatic heterocycles. The lowest BCUT2D eigenvalue weighted by Crippen LogP contribution is -2.17. The summed E-state index contributed by atoms with van der Waals surface area (Å²) in [5.74, 6) is -1.71. The highest BCUT2D eigenvalue weighted by Gasteiger charge is 2.08. The molecule has 0 fully saturated rings. The average Bonchev–Trinajstić information content (AvgIpc) is 2.24. The van der Waals surface area contributed by atoms with Gasteiger partial charge >= 0.3 is 0 Å². The molecule has 1 amide bonds. The van der Waals surface area contributed by atoms with Crippen molar-refractivity contribution in [3.63, 3.8) is 0 Å². The first kappa shape index (κ1) is 13.9. The van der Waals surface area contributed by atoms with Crippen molar-refractivity contribution in [2.45, 2.75) is 12.2 Å². The maximum Gasteiger partial charge on any atom is 0.234 e. The molecule has 0 heterocycles. The molecule has 1 aromatic rings. The van der Waals surface area contributed by atoms with Crippen LogP contribution in [0, 0.1) is 11.6 Å². The molecule has 1 atom stereocenters. The van der Waals surface area contributed by atoms with Gasteiger partial charge in [0.1, 0.15) is 11.6 Å².